The molecule has 1 aromatic rings. The number of fused-ring (bicyclic) bond motifs is 3. The van der Waals surface area contributed by atoms with E-state index in [1.54, 1.807) is 14.1 Å². The molecule has 9 nitrogen and oxygen atoms in total. The zero-order chi connectivity index (χ0) is 24.6. The van der Waals surface area contributed by atoms with Gasteiger partial charge in [0, 0.05) is 11.5 Å². The van der Waals surface area contributed by atoms with Crippen LogP contribution in [0.15, 0.2) is 28.7 Å². The SMILES string of the molecule is CCc1cc(I)c(O)c2c1C[C@H]1C[C@H]3[C@H](N(C)C)C(O)=C(C(N)=O)C(=O)[C@@]3(O)C(O)=C1C2=O. The minimum absolute atomic E-state index is 0.0551. The second-order valence-electron chi connectivity index (χ2n) is 9.04. The second kappa shape index (κ2) is 7.81. The fraction of sp³-hybridized carbons (Fsp3) is 0.435. The first kappa shape index (κ1) is 23.7. The van der Waals surface area contributed by atoms with Crippen LogP contribution in [0.4, 0.5) is 0 Å². The van der Waals surface area contributed by atoms with Gasteiger partial charge in [-0.05, 0) is 79.1 Å². The van der Waals surface area contributed by atoms with E-state index in [0.717, 1.165) is 5.56 Å². The highest BCUT2D eigenvalue weighted by Crippen LogP contribution is 2.52. The van der Waals surface area contributed by atoms with Crippen LogP contribution in [0.5, 0.6) is 5.75 Å². The number of phenols is 1. The molecule has 0 fully saturated rings. The molecule has 3 aliphatic rings. The standard InChI is InChI=1S/C23H25IN2O7/c1-4-8-7-12(24)17(27)14-10(8)5-9-6-11-16(26(2)3)19(29)15(22(25)32)21(31)23(11,33)20(30)13(9)18(14)28/h7,9,11,16,27,29-30,33H,4-6H2,1-3H3,(H2,25,32)/t9-,11-,16-,23-/m0/s1. The van der Waals surface area contributed by atoms with Gasteiger partial charge in [0.05, 0.1) is 15.2 Å². The molecule has 1 amide bonds. The van der Waals surface area contributed by atoms with Crippen LogP contribution in [0.3, 0.4) is 0 Å². The number of ketones is 2. The number of likely N-dealkylation sites (N-methyl/N-ethyl adjacent to an activating group) is 1. The van der Waals surface area contributed by atoms with Crippen LogP contribution in [0, 0.1) is 15.4 Å². The molecule has 0 aromatic heterocycles. The lowest BCUT2D eigenvalue weighted by Crippen LogP contribution is -2.63. The molecule has 0 heterocycles. The number of aliphatic hydroxyl groups excluding tert-OH is 2. The normalized spacial score (nSPS) is 29.2. The van der Waals surface area contributed by atoms with Crippen molar-refractivity contribution in [1.82, 2.24) is 4.90 Å². The Hall–Kier alpha value is -2.44. The van der Waals surface area contributed by atoms with E-state index in [1.165, 1.54) is 4.90 Å². The number of allylic oxidation sites excluding steroid dienone is 1. The van der Waals surface area contributed by atoms with Gasteiger partial charge in [0.15, 0.2) is 11.4 Å². The molecule has 10 heteroatoms. The molecule has 0 spiro atoms. The van der Waals surface area contributed by atoms with E-state index in [4.69, 9.17) is 5.73 Å². The molecule has 4 rings (SSSR count). The molecule has 0 aliphatic heterocycles. The number of phenolic OH excluding ortho intramolecular Hbond substituents is 1. The number of hydrogen-bond donors (Lipinski definition) is 5. The summed E-state index contributed by atoms with van der Waals surface area (Å²) < 4.78 is 0.479. The van der Waals surface area contributed by atoms with Crippen LogP contribution < -0.4 is 5.73 Å². The van der Waals surface area contributed by atoms with E-state index >= 15 is 0 Å². The molecule has 3 aliphatic carbocycles. The smallest absolute Gasteiger partial charge is 0.255 e. The summed E-state index contributed by atoms with van der Waals surface area (Å²) in [6.45, 7) is 1.94. The maximum absolute atomic E-state index is 13.6. The van der Waals surface area contributed by atoms with Crippen LogP contribution in [0.1, 0.15) is 34.8 Å². The maximum atomic E-state index is 13.6. The van der Waals surface area contributed by atoms with Gasteiger partial charge in [-0.15, -0.1) is 0 Å². The minimum Gasteiger partial charge on any atom is -0.510 e. The van der Waals surface area contributed by atoms with Crippen molar-refractivity contribution in [3.63, 3.8) is 0 Å². The van der Waals surface area contributed by atoms with Gasteiger partial charge in [0.25, 0.3) is 5.91 Å². The summed E-state index contributed by atoms with van der Waals surface area (Å²) in [6.07, 6.45) is 1.02. The molecule has 6 N–H and O–H groups in total. The van der Waals surface area contributed by atoms with Gasteiger partial charge in [-0.25, -0.2) is 0 Å². The van der Waals surface area contributed by atoms with Crippen LogP contribution >= 0.6 is 22.6 Å². The average molecular weight is 568 g/mol. The number of aromatic hydroxyl groups is 1. The largest absolute Gasteiger partial charge is 0.510 e. The van der Waals surface area contributed by atoms with E-state index < -0.39 is 58.0 Å². The molecule has 33 heavy (non-hydrogen) atoms. The van der Waals surface area contributed by atoms with Crippen LogP contribution in [0.2, 0.25) is 0 Å². The van der Waals surface area contributed by atoms with E-state index in [0.29, 0.717) is 22.0 Å². The predicted molar refractivity (Wildman–Crippen MR) is 126 cm³/mol. The van der Waals surface area contributed by atoms with Crippen molar-refractivity contribution < 1.29 is 34.8 Å². The number of carbonyl (C=O) groups excluding carboxylic acids is 3. The summed E-state index contributed by atoms with van der Waals surface area (Å²) in [5.74, 6) is -6.35. The molecule has 1 aromatic carbocycles. The number of primary amides is 1. The molecule has 0 unspecified atom stereocenters. The summed E-state index contributed by atoms with van der Waals surface area (Å²) in [5.41, 5.74) is 3.37. The third kappa shape index (κ3) is 3.07. The predicted octanol–water partition coefficient (Wildman–Crippen LogP) is 1.29. The molecule has 0 radical (unpaired) electrons. The number of carbonyl (C=O) groups is 3. The Kier molecular flexibility index (Phi) is 5.61. The number of nitrogens with two attached hydrogens (primary N) is 1. The van der Waals surface area contributed by atoms with Crippen LogP contribution in [0.25, 0.3) is 0 Å². The van der Waals surface area contributed by atoms with Gasteiger partial charge in [0.1, 0.15) is 22.8 Å². The van der Waals surface area contributed by atoms with Gasteiger partial charge in [-0.1, -0.05) is 6.92 Å². The summed E-state index contributed by atoms with van der Waals surface area (Å²) >= 11 is 1.93. The van der Waals surface area contributed by atoms with Crippen molar-refractivity contribution in [2.75, 3.05) is 14.1 Å². The summed E-state index contributed by atoms with van der Waals surface area (Å²) in [6, 6.07) is 0.821. The lowest BCUT2D eigenvalue weighted by molar-refractivity contribution is -0.148. The van der Waals surface area contributed by atoms with Gasteiger partial charge in [0.2, 0.25) is 5.78 Å². The fourth-order valence-corrected chi connectivity index (χ4v) is 6.32. The number of aryl methyl sites for hydroxylation is 1. The summed E-state index contributed by atoms with van der Waals surface area (Å²) in [7, 11) is 3.20. The van der Waals surface area contributed by atoms with Gasteiger partial charge in [-0.2, -0.15) is 0 Å². The number of nitrogens with zero attached hydrogens (tertiary/aromatic N) is 1. The molecule has 0 bridgehead atoms. The van der Waals surface area contributed by atoms with Crippen molar-refractivity contribution >= 4 is 40.1 Å². The zero-order valence-electron chi connectivity index (χ0n) is 18.3. The third-order valence-electron chi connectivity index (χ3n) is 7.15. The third-order valence-corrected chi connectivity index (χ3v) is 7.97. The van der Waals surface area contributed by atoms with Crippen molar-refractivity contribution in [2.45, 2.75) is 37.8 Å². The highest BCUT2D eigenvalue weighted by Gasteiger charge is 2.63. The molecule has 4 atom stereocenters. The Morgan fingerprint density at radius 3 is 2.45 bits per heavy atom. The monoisotopic (exact) mass is 568 g/mol. The Balaban J connectivity index is 1.99. The van der Waals surface area contributed by atoms with Crippen molar-refractivity contribution in [3.05, 3.63) is 49.0 Å². The van der Waals surface area contributed by atoms with E-state index in [1.807, 2.05) is 35.6 Å². The molecule has 0 saturated carbocycles. The van der Waals surface area contributed by atoms with Gasteiger partial charge in [-0.3, -0.25) is 19.3 Å². The Morgan fingerprint density at radius 1 is 1.27 bits per heavy atom. The Bertz CT molecular complexity index is 1190. The number of halogens is 1. The topological polar surface area (TPSA) is 161 Å². The highest BCUT2D eigenvalue weighted by atomic mass is 127. The molecular weight excluding hydrogens is 543 g/mol. The maximum Gasteiger partial charge on any atom is 0.255 e. The lowest BCUT2D eigenvalue weighted by atomic mass is 9.58. The first-order valence-electron chi connectivity index (χ1n) is 10.6. The van der Waals surface area contributed by atoms with Crippen molar-refractivity contribution in [2.24, 2.45) is 17.6 Å². The summed E-state index contributed by atoms with van der Waals surface area (Å²) in [5, 5.41) is 44.2. The van der Waals surface area contributed by atoms with Crippen molar-refractivity contribution in [1.29, 1.82) is 0 Å². The number of aliphatic hydroxyl groups is 3. The lowest BCUT2D eigenvalue weighted by Gasteiger charge is -2.50. The highest BCUT2D eigenvalue weighted by molar-refractivity contribution is 14.1. The van der Waals surface area contributed by atoms with Crippen molar-refractivity contribution in [3.8, 4) is 5.75 Å². The molecule has 0 saturated heterocycles. The first-order chi connectivity index (χ1) is 15.4. The minimum atomic E-state index is -2.62. The second-order valence-corrected chi connectivity index (χ2v) is 10.2. The Morgan fingerprint density at radius 2 is 1.91 bits per heavy atom. The number of rotatable bonds is 3. The van der Waals surface area contributed by atoms with E-state index in [9.17, 15) is 34.8 Å². The summed E-state index contributed by atoms with van der Waals surface area (Å²) in [4.78, 5) is 40.3. The van der Waals surface area contributed by atoms with Crippen LogP contribution in [-0.4, -0.2) is 68.5 Å². The zero-order valence-corrected chi connectivity index (χ0v) is 20.5. The first-order valence-corrected chi connectivity index (χ1v) is 11.6. The number of amides is 1. The molecular formula is C23H25IN2O7. The fourth-order valence-electron chi connectivity index (χ4n) is 5.67. The molecule has 176 valence electrons. The number of hydrogen-bond acceptors (Lipinski definition) is 8. The van der Waals surface area contributed by atoms with Crippen LogP contribution in [-0.2, 0) is 22.4 Å². The van der Waals surface area contributed by atoms with E-state index in [2.05, 4.69) is 0 Å². The van der Waals surface area contributed by atoms with Gasteiger partial charge >= 0.3 is 0 Å². The van der Waals surface area contributed by atoms with E-state index in [-0.39, 0.29) is 23.3 Å². The van der Waals surface area contributed by atoms with Gasteiger partial charge < -0.3 is 26.2 Å². The Labute approximate surface area is 203 Å². The number of benzene rings is 1. The average Bonchev–Trinajstić information content (AvgIpc) is 2.72. The quantitative estimate of drug-likeness (QED) is 0.269. The number of Topliss-reactive ketones (excluding diaryl/α,β-unsaturated/α-hetero) is 2.